The number of carboxylic acid groups (broad SMARTS) is 1. The molecule has 6 nitrogen and oxygen atoms in total. The second kappa shape index (κ2) is 8.30. The molecule has 2 aromatic carbocycles. The normalized spacial score (nSPS) is 14.8. The van der Waals surface area contributed by atoms with Crippen LogP contribution in [-0.4, -0.2) is 53.0 Å². The van der Waals surface area contributed by atoms with Crippen molar-refractivity contribution >= 4 is 28.5 Å². The molecule has 0 radical (unpaired) electrons. The number of anilines is 1. The molecule has 0 atom stereocenters. The fourth-order valence-corrected chi connectivity index (χ4v) is 4.24. The predicted molar refractivity (Wildman–Crippen MR) is 123 cm³/mol. The number of H-pyrrole nitrogens is 1. The molecule has 0 aliphatic carbocycles. The summed E-state index contributed by atoms with van der Waals surface area (Å²) in [6.07, 6.45) is -0.0780. The molecular weight excluding hydrogens is 409 g/mol. The first-order chi connectivity index (χ1) is 15.1. The van der Waals surface area contributed by atoms with Crippen LogP contribution in [0.25, 0.3) is 10.9 Å². The molecule has 168 valence electrons. The van der Waals surface area contributed by atoms with Gasteiger partial charge in [0.2, 0.25) is 5.91 Å². The molecule has 2 N–H and O–H groups in total. The zero-order chi connectivity index (χ0) is 23.0. The highest BCUT2D eigenvalue weighted by atomic mass is 19.1. The molecule has 0 spiro atoms. The Labute approximate surface area is 186 Å². The van der Waals surface area contributed by atoms with Crippen LogP contribution in [0.3, 0.4) is 0 Å². The first-order valence-electron chi connectivity index (χ1n) is 10.8. The Hall–Kier alpha value is -3.35. The quantitative estimate of drug-likeness (QED) is 0.642. The summed E-state index contributed by atoms with van der Waals surface area (Å²) in [5.41, 5.74) is 3.29. The van der Waals surface area contributed by atoms with Gasteiger partial charge >= 0.3 is 5.97 Å². The Bertz CT molecular complexity index is 1150. The van der Waals surface area contributed by atoms with Gasteiger partial charge in [0, 0.05) is 48.3 Å². The monoisotopic (exact) mass is 437 g/mol. The Morgan fingerprint density at radius 2 is 1.69 bits per heavy atom. The Morgan fingerprint density at radius 1 is 1.03 bits per heavy atom. The first-order valence-corrected chi connectivity index (χ1v) is 10.8. The molecular formula is C25H28FN3O3. The van der Waals surface area contributed by atoms with E-state index in [1.54, 1.807) is 4.90 Å². The number of carbonyl (C=O) groups excluding carboxylic acids is 1. The number of benzene rings is 2. The topological polar surface area (TPSA) is 76.6 Å². The van der Waals surface area contributed by atoms with Crippen LogP contribution in [0.2, 0.25) is 0 Å². The zero-order valence-electron chi connectivity index (χ0n) is 18.6. The van der Waals surface area contributed by atoms with Crippen molar-refractivity contribution in [3.05, 3.63) is 65.1 Å². The molecule has 1 fully saturated rings. The van der Waals surface area contributed by atoms with Gasteiger partial charge in [0.1, 0.15) is 11.5 Å². The maximum absolute atomic E-state index is 13.8. The number of nitrogens with one attached hydrogen (secondary N) is 1. The lowest BCUT2D eigenvalue weighted by atomic mass is 9.87. The maximum atomic E-state index is 13.8. The highest BCUT2D eigenvalue weighted by molar-refractivity contribution is 6.00. The highest BCUT2D eigenvalue weighted by Gasteiger charge is 2.25. The van der Waals surface area contributed by atoms with Crippen LogP contribution >= 0.6 is 0 Å². The number of halogens is 1. The van der Waals surface area contributed by atoms with Crippen molar-refractivity contribution in [2.75, 3.05) is 31.1 Å². The number of hydrogen-bond donors (Lipinski definition) is 2. The molecule has 2 heterocycles. The van der Waals surface area contributed by atoms with E-state index in [1.807, 2.05) is 0 Å². The number of carboxylic acids is 1. The molecule has 0 saturated carbocycles. The second-order valence-corrected chi connectivity index (χ2v) is 9.32. The lowest BCUT2D eigenvalue weighted by Gasteiger charge is -2.36. The van der Waals surface area contributed by atoms with E-state index in [2.05, 4.69) is 54.9 Å². The summed E-state index contributed by atoms with van der Waals surface area (Å²) in [7, 11) is 0. The Kier molecular flexibility index (Phi) is 5.67. The summed E-state index contributed by atoms with van der Waals surface area (Å²) in [5, 5.41) is 9.97. The van der Waals surface area contributed by atoms with Gasteiger partial charge in [0.15, 0.2) is 0 Å². The van der Waals surface area contributed by atoms with Crippen molar-refractivity contribution in [1.29, 1.82) is 0 Å². The van der Waals surface area contributed by atoms with Crippen LogP contribution in [-0.2, 0) is 16.6 Å². The smallest absolute Gasteiger partial charge is 0.352 e. The minimum Gasteiger partial charge on any atom is -0.477 e. The van der Waals surface area contributed by atoms with E-state index in [4.69, 9.17) is 0 Å². The summed E-state index contributed by atoms with van der Waals surface area (Å²) in [6, 6.07) is 12.6. The number of piperazine rings is 1. The molecule has 3 aromatic rings. The summed E-state index contributed by atoms with van der Waals surface area (Å²) in [4.78, 5) is 31.4. The van der Waals surface area contributed by atoms with Gasteiger partial charge < -0.3 is 19.9 Å². The van der Waals surface area contributed by atoms with Gasteiger partial charge in [-0.2, -0.15) is 0 Å². The van der Waals surface area contributed by atoms with Gasteiger partial charge in [0.25, 0.3) is 0 Å². The van der Waals surface area contributed by atoms with Gasteiger partial charge in [-0.05, 0) is 41.3 Å². The molecule has 1 aromatic heterocycles. The standard InChI is InChI=1S/C25H28FN3O3/c1-25(2,3)16-4-7-18(8-5-16)28-10-12-29(13-11-28)22(30)15-20-19-14-17(26)6-9-21(19)27-23(20)24(31)32/h4-9,14,27H,10-13,15H2,1-3H3,(H,31,32). The SMILES string of the molecule is CC(C)(C)c1ccc(N2CCN(C(=O)Cc3c(C(=O)O)[nH]c4ccc(F)cc34)CC2)cc1. The van der Waals surface area contributed by atoms with Crippen LogP contribution in [0.15, 0.2) is 42.5 Å². The summed E-state index contributed by atoms with van der Waals surface area (Å²) < 4.78 is 13.8. The van der Waals surface area contributed by atoms with Crippen LogP contribution < -0.4 is 4.90 Å². The summed E-state index contributed by atoms with van der Waals surface area (Å²) in [5.74, 6) is -1.78. The van der Waals surface area contributed by atoms with Crippen molar-refractivity contribution in [1.82, 2.24) is 9.88 Å². The number of rotatable bonds is 4. The van der Waals surface area contributed by atoms with Crippen molar-refractivity contribution in [2.45, 2.75) is 32.6 Å². The van der Waals surface area contributed by atoms with Gasteiger partial charge in [-0.15, -0.1) is 0 Å². The van der Waals surface area contributed by atoms with Crippen molar-refractivity contribution in [2.24, 2.45) is 0 Å². The van der Waals surface area contributed by atoms with E-state index < -0.39 is 11.8 Å². The molecule has 0 bridgehead atoms. The molecule has 1 aliphatic heterocycles. The van der Waals surface area contributed by atoms with E-state index in [9.17, 15) is 19.1 Å². The lowest BCUT2D eigenvalue weighted by Crippen LogP contribution is -2.49. The van der Waals surface area contributed by atoms with E-state index in [-0.39, 0.29) is 23.4 Å². The Morgan fingerprint density at radius 3 is 2.28 bits per heavy atom. The third-order valence-corrected chi connectivity index (χ3v) is 6.14. The molecule has 7 heteroatoms. The lowest BCUT2D eigenvalue weighted by molar-refractivity contribution is -0.130. The van der Waals surface area contributed by atoms with Gasteiger partial charge in [-0.3, -0.25) is 4.79 Å². The van der Waals surface area contributed by atoms with Crippen molar-refractivity contribution < 1.29 is 19.1 Å². The molecule has 1 aliphatic rings. The molecule has 1 saturated heterocycles. The van der Waals surface area contributed by atoms with Crippen LogP contribution in [0.1, 0.15) is 42.4 Å². The van der Waals surface area contributed by atoms with Gasteiger partial charge in [-0.25, -0.2) is 9.18 Å². The van der Waals surface area contributed by atoms with Crippen LogP contribution in [0.4, 0.5) is 10.1 Å². The van der Waals surface area contributed by atoms with Crippen molar-refractivity contribution in [3.63, 3.8) is 0 Å². The van der Waals surface area contributed by atoms with Crippen molar-refractivity contribution in [3.8, 4) is 0 Å². The fourth-order valence-electron chi connectivity index (χ4n) is 4.24. The van der Waals surface area contributed by atoms with Gasteiger partial charge in [-0.1, -0.05) is 32.9 Å². The van der Waals surface area contributed by atoms with Crippen LogP contribution in [0.5, 0.6) is 0 Å². The largest absolute Gasteiger partial charge is 0.477 e. The third kappa shape index (κ3) is 4.33. The number of fused-ring (bicyclic) bond motifs is 1. The number of aromatic nitrogens is 1. The molecule has 1 amide bonds. The second-order valence-electron chi connectivity index (χ2n) is 9.32. The fraction of sp³-hybridized carbons (Fsp3) is 0.360. The number of carbonyl (C=O) groups is 2. The molecule has 32 heavy (non-hydrogen) atoms. The first kappa shape index (κ1) is 21.9. The number of hydrogen-bond acceptors (Lipinski definition) is 3. The Balaban J connectivity index is 1.45. The number of aromatic amines is 1. The van der Waals surface area contributed by atoms with E-state index in [1.165, 1.54) is 23.8 Å². The predicted octanol–water partition coefficient (Wildman–Crippen LogP) is 4.19. The van der Waals surface area contributed by atoms with E-state index >= 15 is 0 Å². The number of nitrogens with zero attached hydrogens (tertiary/aromatic N) is 2. The average molecular weight is 438 g/mol. The van der Waals surface area contributed by atoms with Gasteiger partial charge in [0.05, 0.1) is 6.42 Å². The number of amides is 1. The minimum atomic E-state index is -1.16. The highest BCUT2D eigenvalue weighted by Crippen LogP contribution is 2.27. The molecule has 4 rings (SSSR count). The summed E-state index contributed by atoms with van der Waals surface area (Å²) >= 11 is 0. The number of aromatic carboxylic acids is 1. The van der Waals surface area contributed by atoms with Crippen LogP contribution in [0, 0.1) is 5.82 Å². The minimum absolute atomic E-state index is 0.0588. The molecule has 0 unspecified atom stereocenters. The average Bonchev–Trinajstić information content (AvgIpc) is 3.11. The maximum Gasteiger partial charge on any atom is 0.352 e. The zero-order valence-corrected chi connectivity index (χ0v) is 18.6. The van der Waals surface area contributed by atoms with E-state index in [0.29, 0.717) is 42.6 Å². The third-order valence-electron chi connectivity index (χ3n) is 6.14. The van der Waals surface area contributed by atoms with E-state index in [0.717, 1.165) is 5.69 Å². The summed E-state index contributed by atoms with van der Waals surface area (Å²) in [6.45, 7) is 9.07.